The molecule has 1 aromatic carbocycles. The maximum Gasteiger partial charge on any atom is 0.115 e. The summed E-state index contributed by atoms with van der Waals surface area (Å²) in [5.41, 5.74) is 7.57. The van der Waals surface area contributed by atoms with Gasteiger partial charge in [0.25, 0.3) is 0 Å². The second-order valence-electron chi connectivity index (χ2n) is 3.57. The van der Waals surface area contributed by atoms with Crippen molar-refractivity contribution < 1.29 is 0 Å². The molecule has 1 atom stereocenters. The summed E-state index contributed by atoms with van der Waals surface area (Å²) in [4.78, 5) is 8.07. The van der Waals surface area contributed by atoms with Gasteiger partial charge in [-0.15, -0.1) is 0 Å². The summed E-state index contributed by atoms with van der Waals surface area (Å²) < 4.78 is 0. The molecular formula is C12H13ClN4. The fourth-order valence-electron chi connectivity index (χ4n) is 1.51. The Labute approximate surface area is 105 Å². The summed E-state index contributed by atoms with van der Waals surface area (Å²) in [5.74, 6) is 0. The molecule has 0 bridgehead atoms. The van der Waals surface area contributed by atoms with Crippen LogP contribution in [0.5, 0.6) is 0 Å². The van der Waals surface area contributed by atoms with E-state index in [0.717, 1.165) is 11.4 Å². The molecular weight excluding hydrogens is 236 g/mol. The van der Waals surface area contributed by atoms with Crippen molar-refractivity contribution in [3.63, 3.8) is 0 Å². The number of anilines is 1. The van der Waals surface area contributed by atoms with E-state index in [1.165, 1.54) is 6.33 Å². The van der Waals surface area contributed by atoms with E-state index >= 15 is 0 Å². The van der Waals surface area contributed by atoms with E-state index in [0.29, 0.717) is 11.6 Å². The topological polar surface area (TPSA) is 63.8 Å². The molecule has 0 saturated carbocycles. The van der Waals surface area contributed by atoms with E-state index < -0.39 is 0 Å². The van der Waals surface area contributed by atoms with Crippen LogP contribution in [-0.2, 0) is 0 Å². The molecule has 0 aliphatic heterocycles. The van der Waals surface area contributed by atoms with Crippen molar-refractivity contribution in [2.24, 2.45) is 5.73 Å². The molecule has 5 heteroatoms. The predicted octanol–water partition coefficient (Wildman–Crippen LogP) is 2.24. The number of hydrogen-bond donors (Lipinski definition) is 2. The molecule has 0 fully saturated rings. The zero-order valence-corrected chi connectivity index (χ0v) is 9.93. The lowest BCUT2D eigenvalue weighted by Crippen LogP contribution is -2.21. The number of hydrogen-bond acceptors (Lipinski definition) is 4. The zero-order chi connectivity index (χ0) is 12.1. The Hall–Kier alpha value is -1.65. The molecule has 2 aromatic rings. The number of halogens is 1. The standard InChI is InChI=1S/C12H13ClN4/c13-9-1-3-10(4-2-9)17-12(7-14)11-5-6-15-8-16-11/h1-6,8,12,17H,7,14H2. The van der Waals surface area contributed by atoms with E-state index in [9.17, 15) is 0 Å². The lowest BCUT2D eigenvalue weighted by atomic mass is 10.2. The van der Waals surface area contributed by atoms with Crippen molar-refractivity contribution >= 4 is 17.3 Å². The van der Waals surface area contributed by atoms with Crippen LogP contribution in [0.3, 0.4) is 0 Å². The van der Waals surface area contributed by atoms with Crippen molar-refractivity contribution in [3.8, 4) is 0 Å². The van der Waals surface area contributed by atoms with Gasteiger partial charge in [0.2, 0.25) is 0 Å². The maximum atomic E-state index is 5.83. The number of benzene rings is 1. The Kier molecular flexibility index (Phi) is 3.90. The summed E-state index contributed by atoms with van der Waals surface area (Å²) in [6, 6.07) is 9.30. The molecule has 17 heavy (non-hydrogen) atoms. The lowest BCUT2D eigenvalue weighted by molar-refractivity contribution is 0.755. The summed E-state index contributed by atoms with van der Waals surface area (Å²) in [7, 11) is 0. The van der Waals surface area contributed by atoms with Gasteiger partial charge < -0.3 is 11.1 Å². The van der Waals surface area contributed by atoms with Gasteiger partial charge in [-0.3, -0.25) is 0 Å². The molecule has 0 radical (unpaired) electrons. The molecule has 0 spiro atoms. The Morgan fingerprint density at radius 3 is 2.59 bits per heavy atom. The monoisotopic (exact) mass is 248 g/mol. The van der Waals surface area contributed by atoms with Gasteiger partial charge >= 0.3 is 0 Å². The van der Waals surface area contributed by atoms with Crippen LogP contribution in [0.4, 0.5) is 5.69 Å². The van der Waals surface area contributed by atoms with Gasteiger partial charge in [-0.2, -0.15) is 0 Å². The highest BCUT2D eigenvalue weighted by atomic mass is 35.5. The van der Waals surface area contributed by atoms with Gasteiger partial charge in [-0.1, -0.05) is 11.6 Å². The number of nitrogens with one attached hydrogen (secondary N) is 1. The average molecular weight is 249 g/mol. The van der Waals surface area contributed by atoms with Crippen LogP contribution in [-0.4, -0.2) is 16.5 Å². The minimum atomic E-state index is -0.0285. The molecule has 0 amide bonds. The molecule has 0 aliphatic carbocycles. The molecule has 1 unspecified atom stereocenters. The van der Waals surface area contributed by atoms with E-state index in [4.69, 9.17) is 17.3 Å². The number of rotatable bonds is 4. The van der Waals surface area contributed by atoms with Crippen molar-refractivity contribution in [1.29, 1.82) is 0 Å². The molecule has 4 nitrogen and oxygen atoms in total. The second kappa shape index (κ2) is 5.61. The van der Waals surface area contributed by atoms with Crippen molar-refractivity contribution in [3.05, 3.63) is 53.6 Å². The quantitative estimate of drug-likeness (QED) is 0.871. The third-order valence-electron chi connectivity index (χ3n) is 2.38. The van der Waals surface area contributed by atoms with Crippen molar-refractivity contribution in [2.45, 2.75) is 6.04 Å². The molecule has 2 rings (SSSR count). The van der Waals surface area contributed by atoms with Crippen LogP contribution in [0.15, 0.2) is 42.9 Å². The summed E-state index contributed by atoms with van der Waals surface area (Å²) >= 11 is 5.83. The van der Waals surface area contributed by atoms with Crippen molar-refractivity contribution in [2.75, 3.05) is 11.9 Å². The zero-order valence-electron chi connectivity index (χ0n) is 9.18. The predicted molar refractivity (Wildman–Crippen MR) is 68.9 cm³/mol. The lowest BCUT2D eigenvalue weighted by Gasteiger charge is -2.17. The first-order valence-electron chi connectivity index (χ1n) is 5.27. The highest BCUT2D eigenvalue weighted by Crippen LogP contribution is 2.18. The van der Waals surface area contributed by atoms with Gasteiger partial charge in [-0.05, 0) is 30.3 Å². The first-order chi connectivity index (χ1) is 8.29. The second-order valence-corrected chi connectivity index (χ2v) is 4.01. The average Bonchev–Trinajstić information content (AvgIpc) is 2.39. The third-order valence-corrected chi connectivity index (χ3v) is 2.63. The Bertz CT molecular complexity index is 458. The van der Waals surface area contributed by atoms with Crippen LogP contribution in [0.2, 0.25) is 5.02 Å². The summed E-state index contributed by atoms with van der Waals surface area (Å²) in [6.45, 7) is 0.458. The maximum absolute atomic E-state index is 5.83. The Balaban J connectivity index is 2.13. The molecule has 1 aromatic heterocycles. The molecule has 88 valence electrons. The Morgan fingerprint density at radius 2 is 2.00 bits per heavy atom. The smallest absolute Gasteiger partial charge is 0.115 e. The van der Waals surface area contributed by atoms with Gasteiger partial charge in [0.05, 0.1) is 11.7 Å². The van der Waals surface area contributed by atoms with Gasteiger partial charge in [0.15, 0.2) is 0 Å². The minimum absolute atomic E-state index is 0.0285. The number of nitrogens with zero attached hydrogens (tertiary/aromatic N) is 2. The van der Waals surface area contributed by atoms with Crippen molar-refractivity contribution in [1.82, 2.24) is 9.97 Å². The highest BCUT2D eigenvalue weighted by molar-refractivity contribution is 6.30. The van der Waals surface area contributed by atoms with Crippen LogP contribution >= 0.6 is 11.6 Å². The van der Waals surface area contributed by atoms with Crippen LogP contribution in [0, 0.1) is 0 Å². The van der Waals surface area contributed by atoms with E-state index in [1.54, 1.807) is 6.20 Å². The largest absolute Gasteiger partial charge is 0.375 e. The van der Waals surface area contributed by atoms with Gasteiger partial charge in [0.1, 0.15) is 6.33 Å². The van der Waals surface area contributed by atoms with Crippen LogP contribution < -0.4 is 11.1 Å². The summed E-state index contributed by atoms with van der Waals surface area (Å²) in [5, 5.41) is 4.01. The molecule has 1 heterocycles. The Morgan fingerprint density at radius 1 is 1.24 bits per heavy atom. The molecule has 0 saturated heterocycles. The molecule has 3 N–H and O–H groups in total. The number of aromatic nitrogens is 2. The first-order valence-corrected chi connectivity index (χ1v) is 5.65. The normalized spacial score (nSPS) is 12.1. The summed E-state index contributed by atoms with van der Waals surface area (Å²) in [6.07, 6.45) is 3.22. The van der Waals surface area contributed by atoms with E-state index in [1.807, 2.05) is 30.3 Å². The third kappa shape index (κ3) is 3.15. The fraction of sp³-hybridized carbons (Fsp3) is 0.167. The SMILES string of the molecule is NCC(Nc1ccc(Cl)cc1)c1ccncn1. The fourth-order valence-corrected chi connectivity index (χ4v) is 1.63. The highest BCUT2D eigenvalue weighted by Gasteiger charge is 2.10. The van der Waals surface area contributed by atoms with Crippen LogP contribution in [0.25, 0.3) is 0 Å². The first kappa shape index (κ1) is 11.8. The van der Waals surface area contributed by atoms with Gasteiger partial charge in [0, 0.05) is 23.5 Å². The van der Waals surface area contributed by atoms with E-state index in [-0.39, 0.29) is 6.04 Å². The molecule has 0 aliphatic rings. The van der Waals surface area contributed by atoms with E-state index in [2.05, 4.69) is 15.3 Å². The van der Waals surface area contributed by atoms with Gasteiger partial charge in [-0.25, -0.2) is 9.97 Å². The minimum Gasteiger partial charge on any atom is -0.375 e. The number of nitrogens with two attached hydrogens (primary N) is 1. The van der Waals surface area contributed by atoms with Crippen LogP contribution in [0.1, 0.15) is 11.7 Å².